The van der Waals surface area contributed by atoms with E-state index in [1.54, 1.807) is 48.5 Å². The van der Waals surface area contributed by atoms with Gasteiger partial charge >= 0.3 is 0 Å². The monoisotopic (exact) mass is 896 g/mol. The molecule has 0 unspecified atom stereocenters. The highest BCUT2D eigenvalue weighted by Gasteiger charge is 2.51. The minimum atomic E-state index is -5.71. The molecule has 308 valence electrons. The quantitative estimate of drug-likeness (QED) is 0.142. The fourth-order valence-electron chi connectivity index (χ4n) is 8.94. The molecule has 2 aliphatic carbocycles. The second-order valence-corrected chi connectivity index (χ2v) is 20.0. The number of hydrogen-bond acceptors (Lipinski definition) is 2. The summed E-state index contributed by atoms with van der Waals surface area (Å²) in [6, 6.07) is -5.77. The van der Waals surface area contributed by atoms with Crippen LogP contribution in [0.15, 0.2) is 254 Å². The van der Waals surface area contributed by atoms with Crippen molar-refractivity contribution >= 4 is 46.1 Å². The van der Waals surface area contributed by atoms with E-state index in [9.17, 15) is 11.0 Å². The van der Waals surface area contributed by atoms with E-state index in [2.05, 4.69) is 0 Å². The fraction of sp³-hybridized carbons (Fsp3) is 0.0164. The lowest BCUT2D eigenvalue weighted by Crippen LogP contribution is -2.26. The van der Waals surface area contributed by atoms with Crippen molar-refractivity contribution in [2.24, 2.45) is 0 Å². The Kier molecular flexibility index (Phi) is 4.70. The minimum Gasteiger partial charge on any atom is -0.309 e. The molecule has 0 aromatic heterocycles. The summed E-state index contributed by atoms with van der Waals surface area (Å²) < 4.78 is 283. The van der Waals surface area contributed by atoms with Gasteiger partial charge in [0, 0.05) is 31.8 Å². The van der Waals surface area contributed by atoms with Crippen molar-refractivity contribution in [1.82, 2.24) is 0 Å². The van der Waals surface area contributed by atoms with Gasteiger partial charge in [-0.3, -0.25) is 0 Å². The zero-order chi connectivity index (χ0) is 68.0. The molecule has 2 aliphatic rings. The molecule has 0 atom stereocenters. The Morgan fingerprint density at radius 1 is 0.292 bits per heavy atom. The Bertz CT molecular complexity index is 4600. The lowest BCUT2D eigenvalue weighted by molar-refractivity contribution is 0.591. The Balaban J connectivity index is 1.11. The molecule has 0 fully saturated rings. The molecule has 0 N–H and O–H groups in total. The average molecular weight is 897 g/mol. The Hall–Kier alpha value is -7.34. The lowest BCUT2D eigenvalue weighted by atomic mass is 9.70. The van der Waals surface area contributed by atoms with Crippen LogP contribution >= 0.6 is 14.3 Å². The summed E-state index contributed by atoms with van der Waals surface area (Å²) in [7, 11) is -11.4. The predicted molar refractivity (Wildman–Crippen MR) is 272 cm³/mol. The van der Waals surface area contributed by atoms with Crippen molar-refractivity contribution < 1.29 is 47.5 Å². The number of hydrogen-bond donors (Lipinski definition) is 0. The summed E-state index contributed by atoms with van der Waals surface area (Å²) in [6.07, 6.45) is 0. The first-order valence-corrected chi connectivity index (χ1v) is 23.3. The number of rotatable bonds is 8. The topological polar surface area (TPSA) is 34.1 Å². The molecular weight excluding hydrogens is 827 g/mol. The maximum absolute atomic E-state index is 16.4. The van der Waals surface area contributed by atoms with Gasteiger partial charge in [0.05, 0.1) is 43.8 Å². The van der Waals surface area contributed by atoms with E-state index in [0.717, 1.165) is 0 Å². The second kappa shape index (κ2) is 15.4. The van der Waals surface area contributed by atoms with Gasteiger partial charge in [-0.05, 0) is 78.9 Å². The largest absolute Gasteiger partial charge is 0.309 e. The zero-order valence-corrected chi connectivity index (χ0v) is 35.1. The molecule has 0 aliphatic heterocycles. The highest BCUT2D eigenvalue weighted by atomic mass is 31.2. The first kappa shape index (κ1) is 19.8. The SMILES string of the molecule is [2H]c1c([2H])c([2H])c(P(=O)(c2c([2H])c([2H])c([2H])c([2H])c2[2H])c2c([2H])c([2H])c(-c3ccc4c(c3)C3(c5ccccc5-4)c4ccccc4-c4ccc(-c5c([2H])c([2H])c(P(=O)(c6c([2H])c([2H])c([2H])c([2H])c6[2H])c6c([2H])c([2H])c([2H])c([2H])c6[2H])c([2H])c5[2H])cc43)c([2H])c2[2H])c([2H])c1[2H]. The summed E-state index contributed by atoms with van der Waals surface area (Å²) in [4.78, 5) is 0. The van der Waals surface area contributed by atoms with E-state index in [1.807, 2.05) is 24.3 Å². The Morgan fingerprint density at radius 2 is 0.585 bits per heavy atom. The third-order valence-electron chi connectivity index (χ3n) is 11.7. The van der Waals surface area contributed by atoms with Crippen molar-refractivity contribution in [1.29, 1.82) is 0 Å². The normalized spacial score (nSPS) is 19.2. The van der Waals surface area contributed by atoms with Crippen molar-refractivity contribution in [3.05, 3.63) is 276 Å². The van der Waals surface area contributed by atoms with Gasteiger partial charge in [-0.1, -0.05) is 242 Å². The summed E-state index contributed by atoms with van der Waals surface area (Å²) in [6.45, 7) is 0. The first-order chi connectivity index (χ1) is 43.6. The minimum absolute atomic E-state index is 0.00449. The van der Waals surface area contributed by atoms with E-state index >= 15 is 9.13 Å². The van der Waals surface area contributed by atoms with Gasteiger partial charge in [0.25, 0.3) is 0 Å². The molecule has 65 heavy (non-hydrogen) atoms. The molecule has 0 heterocycles. The summed E-state index contributed by atoms with van der Waals surface area (Å²) in [5.74, 6) is 0. The van der Waals surface area contributed by atoms with Crippen LogP contribution in [0.4, 0.5) is 0 Å². The van der Waals surface area contributed by atoms with Crippen LogP contribution in [0.25, 0.3) is 44.5 Å². The zero-order valence-electron chi connectivity index (χ0n) is 61.3. The van der Waals surface area contributed by atoms with E-state index in [-0.39, 0.29) is 11.1 Å². The van der Waals surface area contributed by atoms with Crippen LogP contribution in [0.2, 0.25) is 0 Å². The smallest absolute Gasteiger partial charge is 0.171 e. The lowest BCUT2D eigenvalue weighted by Gasteiger charge is -2.31. The van der Waals surface area contributed by atoms with Crippen molar-refractivity contribution in [2.45, 2.75) is 5.41 Å². The second-order valence-electron chi connectivity index (χ2n) is 14.9. The van der Waals surface area contributed by atoms with Crippen LogP contribution in [0.5, 0.6) is 0 Å². The van der Waals surface area contributed by atoms with Gasteiger partial charge in [-0.2, -0.15) is 0 Å². The van der Waals surface area contributed by atoms with Gasteiger partial charge in [-0.25, -0.2) is 0 Å². The molecule has 12 rings (SSSR count). The molecular formula is C61H42O2P2. The van der Waals surface area contributed by atoms with Gasteiger partial charge in [-0.15, -0.1) is 0 Å². The average Bonchev–Trinajstić information content (AvgIpc) is 1.56. The molecule has 1 spiro atoms. The van der Waals surface area contributed by atoms with Crippen molar-refractivity contribution in [3.63, 3.8) is 0 Å². The third kappa shape index (κ3) is 5.95. The van der Waals surface area contributed by atoms with Crippen LogP contribution in [0.3, 0.4) is 0 Å². The summed E-state index contributed by atoms with van der Waals surface area (Å²) in [5.41, 5.74) is 2.35. The van der Waals surface area contributed by atoms with Crippen molar-refractivity contribution in [2.75, 3.05) is 0 Å². The highest BCUT2D eigenvalue weighted by molar-refractivity contribution is 7.85. The molecule has 0 amide bonds. The number of fused-ring (bicyclic) bond motifs is 10. The van der Waals surface area contributed by atoms with E-state index in [0.29, 0.717) is 44.5 Å². The van der Waals surface area contributed by atoms with Crippen LogP contribution in [-0.2, 0) is 14.5 Å². The van der Waals surface area contributed by atoms with E-state index in [4.69, 9.17) is 27.4 Å². The van der Waals surface area contributed by atoms with Gasteiger partial charge in [0.2, 0.25) is 0 Å². The standard InChI is InChI=1S/C61H42O2P2/c62-64(47-17-5-1-6-18-47,48-19-7-2-8-20-48)51-35-29-43(30-36-51)45-33-39-55-53-25-13-15-27-57(53)61(59(55)41-45)58-28-16-14-26-54(58)56-40-34-46(42-60(56)61)44-31-37-52(38-32-44)65(63,49-21-9-3-10-22-49)50-23-11-4-12-24-50/h1-42H/i1D,2D,3D,4D,5D,6D,7D,8D,9D,10D,11D,12D,17D,18D,19D,20D,21D,22D,23D,24D,29D,30D,31D,32D,35D,36D,37D,38D. The first-order valence-electron chi connectivity index (χ1n) is 33.8. The molecule has 0 saturated carbocycles. The van der Waals surface area contributed by atoms with Gasteiger partial charge in [0.15, 0.2) is 14.3 Å². The summed E-state index contributed by atoms with van der Waals surface area (Å²) in [5, 5.41) is -6.80. The predicted octanol–water partition coefficient (Wildman–Crippen LogP) is 12.6. The van der Waals surface area contributed by atoms with Crippen LogP contribution < -0.4 is 31.8 Å². The van der Waals surface area contributed by atoms with Crippen LogP contribution in [0.1, 0.15) is 60.6 Å². The number of benzene rings is 10. The molecule has 10 aromatic carbocycles. The highest BCUT2D eigenvalue weighted by Crippen LogP contribution is 2.63. The molecule has 10 aromatic rings. The van der Waals surface area contributed by atoms with Gasteiger partial charge < -0.3 is 9.13 Å². The third-order valence-corrected chi connectivity index (χ3v) is 16.8. The molecule has 0 bridgehead atoms. The van der Waals surface area contributed by atoms with Crippen molar-refractivity contribution in [3.8, 4) is 44.5 Å². The maximum atomic E-state index is 16.4. The molecule has 4 heteroatoms. The Labute approximate surface area is 419 Å². The molecule has 0 saturated heterocycles. The summed E-state index contributed by atoms with van der Waals surface area (Å²) >= 11 is 0. The van der Waals surface area contributed by atoms with Crippen LogP contribution in [0, 0.1) is 0 Å². The molecule has 2 nitrogen and oxygen atoms in total. The molecule has 0 radical (unpaired) electrons. The van der Waals surface area contributed by atoms with Gasteiger partial charge in [0.1, 0.15) is 0 Å². The maximum Gasteiger partial charge on any atom is 0.171 e. The van der Waals surface area contributed by atoms with E-state index in [1.165, 1.54) is 12.1 Å². The Morgan fingerprint density at radius 3 is 0.923 bits per heavy atom. The fourth-order valence-corrected chi connectivity index (χ4v) is 12.8. The van der Waals surface area contributed by atoms with Crippen LogP contribution in [-0.4, -0.2) is 0 Å². The van der Waals surface area contributed by atoms with E-state index < -0.39 is 232 Å².